The number of ketones is 1. The highest BCUT2D eigenvalue weighted by Gasteiger charge is 2.85. The Kier molecular flexibility index (Phi) is 2.14. The lowest BCUT2D eigenvalue weighted by Gasteiger charge is -2.58. The summed E-state index contributed by atoms with van der Waals surface area (Å²) in [7, 11) is 0. The predicted molar refractivity (Wildman–Crippen MR) is 85.8 cm³/mol. The number of hydrogen-bond acceptors (Lipinski definition) is 2. The van der Waals surface area contributed by atoms with Gasteiger partial charge in [-0.05, 0) is 35.7 Å². The van der Waals surface area contributed by atoms with Crippen LogP contribution in [0.4, 0.5) is 0 Å². The molecule has 23 heavy (non-hydrogen) atoms. The molecule has 1 saturated heterocycles. The minimum Gasteiger partial charge on any atom is -0.358 e. The van der Waals surface area contributed by atoms with E-state index in [4.69, 9.17) is 4.74 Å². The second-order valence-corrected chi connectivity index (χ2v) is 7.61. The van der Waals surface area contributed by atoms with Gasteiger partial charge in [0, 0.05) is 11.5 Å². The van der Waals surface area contributed by atoms with Crippen LogP contribution in [0.5, 0.6) is 0 Å². The molecular weight excluding hydrogens is 284 g/mol. The van der Waals surface area contributed by atoms with Crippen LogP contribution in [-0.2, 0) is 10.3 Å². The number of ether oxygens (including phenoxy) is 1. The van der Waals surface area contributed by atoms with Crippen LogP contribution in [-0.4, -0.2) is 11.9 Å². The zero-order valence-corrected chi connectivity index (χ0v) is 12.8. The maximum Gasteiger partial charge on any atom is 0.199 e. The highest BCUT2D eigenvalue weighted by Crippen LogP contribution is 2.84. The monoisotopic (exact) mass is 302 g/mol. The van der Waals surface area contributed by atoms with Crippen molar-refractivity contribution >= 4 is 5.78 Å². The molecule has 2 bridgehead atoms. The van der Waals surface area contributed by atoms with Gasteiger partial charge in [0.15, 0.2) is 11.4 Å². The molecule has 0 amide bonds. The van der Waals surface area contributed by atoms with Crippen molar-refractivity contribution in [1.29, 1.82) is 0 Å². The molecule has 2 unspecified atom stereocenters. The van der Waals surface area contributed by atoms with Crippen LogP contribution < -0.4 is 0 Å². The molecule has 4 saturated carbocycles. The SMILES string of the molecule is O=C(c1ccccc1)[C@]1(c2ccccc2)O[C@H]2CC3C4C3C4[C@H]21. The Morgan fingerprint density at radius 1 is 0.913 bits per heavy atom. The summed E-state index contributed by atoms with van der Waals surface area (Å²) in [6.45, 7) is 0. The van der Waals surface area contributed by atoms with E-state index in [1.807, 2.05) is 48.5 Å². The fourth-order valence-electron chi connectivity index (χ4n) is 5.68. The molecule has 1 heterocycles. The molecule has 0 N–H and O–H groups in total. The Hall–Kier alpha value is -1.93. The van der Waals surface area contributed by atoms with E-state index in [9.17, 15) is 4.79 Å². The third-order valence-corrected chi connectivity index (χ3v) is 6.74. The van der Waals surface area contributed by atoms with Crippen LogP contribution in [0.25, 0.3) is 0 Å². The smallest absolute Gasteiger partial charge is 0.199 e. The van der Waals surface area contributed by atoms with Crippen LogP contribution >= 0.6 is 0 Å². The highest BCUT2D eigenvalue weighted by molar-refractivity contribution is 6.04. The topological polar surface area (TPSA) is 26.3 Å². The van der Waals surface area contributed by atoms with Crippen LogP contribution in [0.3, 0.4) is 0 Å². The van der Waals surface area contributed by atoms with E-state index < -0.39 is 5.60 Å². The number of rotatable bonds is 3. The summed E-state index contributed by atoms with van der Waals surface area (Å²) < 4.78 is 6.40. The lowest BCUT2D eigenvalue weighted by Crippen LogP contribution is -2.66. The zero-order valence-electron chi connectivity index (χ0n) is 12.8. The minimum atomic E-state index is -0.740. The lowest BCUT2D eigenvalue weighted by atomic mass is 9.59. The van der Waals surface area contributed by atoms with Gasteiger partial charge in [-0.3, -0.25) is 4.79 Å². The Morgan fingerprint density at radius 3 is 2.26 bits per heavy atom. The second-order valence-electron chi connectivity index (χ2n) is 7.61. The van der Waals surface area contributed by atoms with Crippen molar-refractivity contribution in [3.8, 4) is 0 Å². The molecule has 5 atom stereocenters. The van der Waals surface area contributed by atoms with Gasteiger partial charge in [0.05, 0.1) is 6.10 Å². The first-order valence-corrected chi connectivity index (χ1v) is 8.65. The van der Waals surface area contributed by atoms with Crippen molar-refractivity contribution in [2.45, 2.75) is 18.1 Å². The molecule has 5 fully saturated rings. The van der Waals surface area contributed by atoms with Gasteiger partial charge in [0.1, 0.15) is 0 Å². The summed E-state index contributed by atoms with van der Waals surface area (Å²) in [5.41, 5.74) is 1.07. The van der Waals surface area contributed by atoms with Gasteiger partial charge in [-0.2, -0.15) is 0 Å². The molecule has 0 radical (unpaired) electrons. The molecule has 4 aliphatic carbocycles. The van der Waals surface area contributed by atoms with E-state index in [2.05, 4.69) is 12.1 Å². The first-order chi connectivity index (χ1) is 11.3. The molecule has 114 valence electrons. The van der Waals surface area contributed by atoms with Gasteiger partial charge < -0.3 is 4.74 Å². The highest BCUT2D eigenvalue weighted by atomic mass is 16.5. The minimum absolute atomic E-state index is 0.148. The maximum atomic E-state index is 13.5. The van der Waals surface area contributed by atoms with Gasteiger partial charge >= 0.3 is 0 Å². The molecule has 5 aliphatic rings. The molecule has 1 aliphatic heterocycles. The van der Waals surface area contributed by atoms with Crippen molar-refractivity contribution in [1.82, 2.24) is 0 Å². The quantitative estimate of drug-likeness (QED) is 0.809. The Morgan fingerprint density at radius 2 is 1.57 bits per heavy atom. The normalized spacial score (nSPS) is 44.5. The lowest BCUT2D eigenvalue weighted by molar-refractivity contribution is -0.271. The number of hydrogen-bond donors (Lipinski definition) is 0. The van der Waals surface area contributed by atoms with E-state index in [0.29, 0.717) is 12.0 Å². The van der Waals surface area contributed by atoms with Crippen molar-refractivity contribution in [2.75, 3.05) is 0 Å². The average molecular weight is 302 g/mol. The molecule has 2 aromatic carbocycles. The summed E-state index contributed by atoms with van der Waals surface area (Å²) >= 11 is 0. The first kappa shape index (κ1) is 12.5. The van der Waals surface area contributed by atoms with Crippen molar-refractivity contribution in [3.05, 3.63) is 71.8 Å². The van der Waals surface area contributed by atoms with Gasteiger partial charge in [-0.1, -0.05) is 60.7 Å². The van der Waals surface area contributed by atoms with Crippen LogP contribution in [0.15, 0.2) is 60.7 Å². The van der Waals surface area contributed by atoms with E-state index in [-0.39, 0.29) is 5.78 Å². The zero-order chi connectivity index (χ0) is 15.2. The van der Waals surface area contributed by atoms with Gasteiger partial charge in [-0.15, -0.1) is 0 Å². The Balaban J connectivity index is 1.48. The molecule has 2 nitrogen and oxygen atoms in total. The first-order valence-electron chi connectivity index (χ1n) is 8.65. The van der Waals surface area contributed by atoms with Crippen molar-refractivity contribution in [3.63, 3.8) is 0 Å². The fraction of sp³-hybridized carbons (Fsp3) is 0.381. The third kappa shape index (κ3) is 1.37. The molecule has 2 aromatic rings. The number of carbonyl (C=O) groups is 1. The standard InChI is InChI=1S/C21H18O2/c22-20(12-7-3-1-4-8-12)21(13-9-5-2-6-10-13)19-15(23-21)11-14-16-17(14)18(16)19/h1-10,14-19H,11H2/t14?,15-,16?,17?,18?,19-,21+/m0/s1. The predicted octanol–water partition coefficient (Wildman–Crippen LogP) is 3.68. The number of carbonyl (C=O) groups excluding carboxylic acids is 1. The van der Waals surface area contributed by atoms with Crippen molar-refractivity contribution < 1.29 is 9.53 Å². The summed E-state index contributed by atoms with van der Waals surface area (Å²) in [6, 6.07) is 19.8. The molecule has 0 spiro atoms. The van der Waals surface area contributed by atoms with Crippen molar-refractivity contribution in [2.24, 2.45) is 29.6 Å². The third-order valence-electron chi connectivity index (χ3n) is 6.74. The van der Waals surface area contributed by atoms with E-state index in [0.717, 1.165) is 34.8 Å². The number of Topliss-reactive ketones (excluding diaryl/α,β-unsaturated/α-hetero) is 1. The van der Waals surface area contributed by atoms with Crippen LogP contribution in [0, 0.1) is 29.6 Å². The van der Waals surface area contributed by atoms with Gasteiger partial charge in [0.2, 0.25) is 0 Å². The summed E-state index contributed by atoms with van der Waals surface area (Å²) in [5, 5.41) is 0. The van der Waals surface area contributed by atoms with Gasteiger partial charge in [-0.25, -0.2) is 0 Å². The molecule has 0 aromatic heterocycles. The molecule has 7 rings (SSSR count). The number of benzene rings is 2. The largest absolute Gasteiger partial charge is 0.358 e. The second kappa shape index (κ2) is 3.93. The molecular formula is C21H18O2. The summed E-state index contributed by atoms with van der Waals surface area (Å²) in [6.07, 6.45) is 1.47. The van der Waals surface area contributed by atoms with Gasteiger partial charge in [0.25, 0.3) is 0 Å². The van der Waals surface area contributed by atoms with E-state index in [1.165, 1.54) is 6.42 Å². The van der Waals surface area contributed by atoms with Crippen LogP contribution in [0.1, 0.15) is 22.3 Å². The van der Waals surface area contributed by atoms with E-state index in [1.54, 1.807) is 0 Å². The summed E-state index contributed by atoms with van der Waals surface area (Å²) in [5.74, 6) is 4.01. The Bertz CT molecular complexity index is 787. The fourth-order valence-corrected chi connectivity index (χ4v) is 5.68. The van der Waals surface area contributed by atoms with Crippen LogP contribution in [0.2, 0.25) is 0 Å². The summed E-state index contributed by atoms with van der Waals surface area (Å²) in [4.78, 5) is 13.5. The molecule has 2 heteroatoms. The maximum absolute atomic E-state index is 13.5. The average Bonchev–Trinajstić information content (AvgIpc) is 3.49. The van der Waals surface area contributed by atoms with E-state index >= 15 is 0 Å². The Labute approximate surface area is 135 Å².